The molecular weight excluding hydrogens is 280 g/mol. The van der Waals surface area contributed by atoms with E-state index in [1.54, 1.807) is 11.8 Å². The van der Waals surface area contributed by atoms with Crippen LogP contribution in [0.2, 0.25) is 0 Å². The Hall–Kier alpha value is -1.00. The highest BCUT2D eigenvalue weighted by Crippen LogP contribution is 2.23. The normalized spacial score (nSPS) is 13.0. The minimum absolute atomic E-state index is 0.0601. The molecular formula is C17H28N2OS. The Morgan fingerprint density at radius 3 is 2.38 bits per heavy atom. The van der Waals surface area contributed by atoms with Crippen molar-refractivity contribution in [3.05, 3.63) is 29.8 Å². The molecule has 0 bridgehead atoms. The van der Waals surface area contributed by atoms with Gasteiger partial charge in [-0.25, -0.2) is 0 Å². The largest absolute Gasteiger partial charge is 0.355 e. The highest BCUT2D eigenvalue weighted by atomic mass is 32.2. The standard InChI is InChI=1S/C17H28N2OS/c1-6-11-18-16(20)13(2)21-15-9-7-14(8-10-15)12-19-17(3,4)5/h7-10,13,19H,6,11-12H2,1-5H3,(H,18,20). The Morgan fingerprint density at radius 1 is 1.24 bits per heavy atom. The molecule has 118 valence electrons. The van der Waals surface area contributed by atoms with Crippen molar-refractivity contribution in [3.63, 3.8) is 0 Å². The summed E-state index contributed by atoms with van der Waals surface area (Å²) in [5.41, 5.74) is 1.39. The van der Waals surface area contributed by atoms with Crippen molar-refractivity contribution in [2.45, 2.75) is 63.3 Å². The lowest BCUT2D eigenvalue weighted by Gasteiger charge is -2.20. The Labute approximate surface area is 133 Å². The van der Waals surface area contributed by atoms with Gasteiger partial charge >= 0.3 is 0 Å². The lowest BCUT2D eigenvalue weighted by molar-refractivity contribution is -0.120. The predicted octanol–water partition coefficient (Wildman–Crippen LogP) is 3.58. The average Bonchev–Trinajstić information content (AvgIpc) is 2.43. The molecule has 0 aliphatic carbocycles. The van der Waals surface area contributed by atoms with E-state index in [0.717, 1.165) is 24.4 Å². The molecule has 3 nitrogen and oxygen atoms in total. The van der Waals surface area contributed by atoms with Gasteiger partial charge in [-0.15, -0.1) is 11.8 Å². The van der Waals surface area contributed by atoms with Crippen LogP contribution in [0.3, 0.4) is 0 Å². The van der Waals surface area contributed by atoms with E-state index in [1.807, 2.05) is 6.92 Å². The zero-order valence-electron chi connectivity index (χ0n) is 13.8. The van der Waals surface area contributed by atoms with Crippen molar-refractivity contribution in [3.8, 4) is 0 Å². The van der Waals surface area contributed by atoms with E-state index in [0.29, 0.717) is 0 Å². The molecule has 2 N–H and O–H groups in total. The fraction of sp³-hybridized carbons (Fsp3) is 0.588. The molecule has 1 amide bonds. The Balaban J connectivity index is 2.48. The highest BCUT2D eigenvalue weighted by Gasteiger charge is 2.13. The van der Waals surface area contributed by atoms with Gasteiger partial charge in [-0.2, -0.15) is 0 Å². The van der Waals surface area contributed by atoms with Crippen LogP contribution >= 0.6 is 11.8 Å². The first kappa shape index (κ1) is 18.1. The summed E-state index contributed by atoms with van der Waals surface area (Å²) in [4.78, 5) is 13.0. The van der Waals surface area contributed by atoms with Crippen LogP contribution in [0, 0.1) is 0 Å². The summed E-state index contributed by atoms with van der Waals surface area (Å²) >= 11 is 1.60. The van der Waals surface area contributed by atoms with Crippen LogP contribution in [0.5, 0.6) is 0 Å². The van der Waals surface area contributed by atoms with Crippen LogP contribution in [0.25, 0.3) is 0 Å². The zero-order chi connectivity index (χ0) is 15.9. The minimum atomic E-state index is -0.0601. The second kappa shape index (κ2) is 8.44. The summed E-state index contributed by atoms with van der Waals surface area (Å²) in [5.74, 6) is 0.111. The molecule has 0 aromatic heterocycles. The molecule has 1 rings (SSSR count). The van der Waals surface area contributed by atoms with E-state index in [4.69, 9.17) is 0 Å². The number of amides is 1. The number of carbonyl (C=O) groups is 1. The summed E-state index contributed by atoms with van der Waals surface area (Å²) in [6.07, 6.45) is 0.971. The fourth-order valence-corrected chi connectivity index (χ4v) is 2.59. The van der Waals surface area contributed by atoms with Crippen LogP contribution in [-0.2, 0) is 11.3 Å². The number of rotatable bonds is 7. The zero-order valence-corrected chi connectivity index (χ0v) is 14.6. The third-order valence-corrected chi connectivity index (χ3v) is 4.09. The third kappa shape index (κ3) is 7.53. The second-order valence-corrected chi connectivity index (χ2v) is 7.71. The first-order valence-electron chi connectivity index (χ1n) is 7.60. The molecule has 0 aliphatic heterocycles. The van der Waals surface area contributed by atoms with Gasteiger partial charge in [-0.05, 0) is 51.8 Å². The van der Waals surface area contributed by atoms with E-state index >= 15 is 0 Å². The van der Waals surface area contributed by atoms with Gasteiger partial charge in [-0.1, -0.05) is 19.1 Å². The number of benzene rings is 1. The Morgan fingerprint density at radius 2 is 1.86 bits per heavy atom. The van der Waals surface area contributed by atoms with Gasteiger partial charge in [0.15, 0.2) is 0 Å². The predicted molar refractivity (Wildman–Crippen MR) is 91.7 cm³/mol. The van der Waals surface area contributed by atoms with E-state index in [2.05, 4.69) is 62.6 Å². The van der Waals surface area contributed by atoms with Crippen molar-refractivity contribution in [2.24, 2.45) is 0 Å². The van der Waals surface area contributed by atoms with Gasteiger partial charge < -0.3 is 10.6 Å². The average molecular weight is 308 g/mol. The summed E-state index contributed by atoms with van der Waals surface area (Å²) in [5, 5.41) is 6.34. The first-order chi connectivity index (χ1) is 9.81. The van der Waals surface area contributed by atoms with Crippen LogP contribution in [0.1, 0.15) is 46.6 Å². The maximum atomic E-state index is 11.8. The quantitative estimate of drug-likeness (QED) is 0.757. The van der Waals surface area contributed by atoms with Gasteiger partial charge in [0, 0.05) is 23.5 Å². The van der Waals surface area contributed by atoms with Crippen molar-refractivity contribution >= 4 is 17.7 Å². The minimum Gasteiger partial charge on any atom is -0.355 e. The molecule has 21 heavy (non-hydrogen) atoms. The summed E-state index contributed by atoms with van der Waals surface area (Å²) in [6, 6.07) is 8.43. The summed E-state index contributed by atoms with van der Waals surface area (Å²) in [6.45, 7) is 12.1. The number of nitrogens with one attached hydrogen (secondary N) is 2. The van der Waals surface area contributed by atoms with Crippen LogP contribution in [-0.4, -0.2) is 23.2 Å². The molecule has 0 saturated carbocycles. The van der Waals surface area contributed by atoms with Gasteiger partial charge in [-0.3, -0.25) is 4.79 Å². The second-order valence-electron chi connectivity index (χ2n) is 6.30. The molecule has 0 fully saturated rings. The van der Waals surface area contributed by atoms with Crippen molar-refractivity contribution in [2.75, 3.05) is 6.54 Å². The van der Waals surface area contributed by atoms with E-state index < -0.39 is 0 Å². The highest BCUT2D eigenvalue weighted by molar-refractivity contribution is 8.00. The molecule has 1 unspecified atom stereocenters. The van der Waals surface area contributed by atoms with E-state index in [9.17, 15) is 4.79 Å². The number of thioether (sulfide) groups is 1. The van der Waals surface area contributed by atoms with Gasteiger partial charge in [0.1, 0.15) is 0 Å². The maximum Gasteiger partial charge on any atom is 0.233 e. The number of carbonyl (C=O) groups excluding carboxylic acids is 1. The molecule has 0 spiro atoms. The Kier molecular flexibility index (Phi) is 7.26. The summed E-state index contributed by atoms with van der Waals surface area (Å²) < 4.78 is 0. The maximum absolute atomic E-state index is 11.8. The van der Waals surface area contributed by atoms with Crippen molar-refractivity contribution < 1.29 is 4.79 Å². The molecule has 1 atom stereocenters. The van der Waals surface area contributed by atoms with Gasteiger partial charge in [0.05, 0.1) is 5.25 Å². The smallest absolute Gasteiger partial charge is 0.233 e. The first-order valence-corrected chi connectivity index (χ1v) is 8.48. The molecule has 4 heteroatoms. The molecule has 1 aromatic carbocycles. The van der Waals surface area contributed by atoms with Crippen LogP contribution in [0.4, 0.5) is 0 Å². The molecule has 0 heterocycles. The van der Waals surface area contributed by atoms with Crippen molar-refractivity contribution in [1.82, 2.24) is 10.6 Å². The van der Waals surface area contributed by atoms with E-state index in [1.165, 1.54) is 5.56 Å². The number of hydrogen-bond donors (Lipinski definition) is 2. The van der Waals surface area contributed by atoms with Crippen LogP contribution < -0.4 is 10.6 Å². The van der Waals surface area contributed by atoms with Crippen molar-refractivity contribution in [1.29, 1.82) is 0 Å². The van der Waals surface area contributed by atoms with E-state index in [-0.39, 0.29) is 16.7 Å². The molecule has 0 aliphatic rings. The SMILES string of the molecule is CCCNC(=O)C(C)Sc1ccc(CNC(C)(C)C)cc1. The monoisotopic (exact) mass is 308 g/mol. The molecule has 1 aromatic rings. The molecule has 0 radical (unpaired) electrons. The van der Waals surface area contributed by atoms with Gasteiger partial charge in [0.2, 0.25) is 5.91 Å². The van der Waals surface area contributed by atoms with Gasteiger partial charge in [0.25, 0.3) is 0 Å². The lowest BCUT2D eigenvalue weighted by Crippen LogP contribution is -2.35. The third-order valence-electron chi connectivity index (χ3n) is 2.98. The molecule has 0 saturated heterocycles. The fourth-order valence-electron chi connectivity index (χ4n) is 1.70. The number of hydrogen-bond acceptors (Lipinski definition) is 3. The lowest BCUT2D eigenvalue weighted by atomic mass is 10.1. The van der Waals surface area contributed by atoms with Crippen LogP contribution in [0.15, 0.2) is 29.2 Å². The summed E-state index contributed by atoms with van der Waals surface area (Å²) in [7, 11) is 0. The topological polar surface area (TPSA) is 41.1 Å². The Bertz CT molecular complexity index is 437.